The predicted molar refractivity (Wildman–Crippen MR) is 111 cm³/mol. The molecule has 0 fully saturated rings. The maximum absolute atomic E-state index is 5.58. The minimum atomic E-state index is 0.668. The van der Waals surface area contributed by atoms with E-state index in [1.54, 1.807) is 0 Å². The van der Waals surface area contributed by atoms with E-state index in [1.165, 1.54) is 11.3 Å². The normalized spacial score (nSPS) is 10.2. The van der Waals surface area contributed by atoms with E-state index >= 15 is 0 Å². The van der Waals surface area contributed by atoms with Gasteiger partial charge in [-0.05, 0) is 68.0 Å². The third-order valence-electron chi connectivity index (χ3n) is 3.91. The van der Waals surface area contributed by atoms with Gasteiger partial charge in [0.2, 0.25) is 0 Å². The summed E-state index contributed by atoms with van der Waals surface area (Å²) in [4.78, 5) is 4.25. The van der Waals surface area contributed by atoms with Crippen LogP contribution in [0.2, 0.25) is 0 Å². The lowest BCUT2D eigenvalue weighted by Crippen LogP contribution is -2.34. The smallest absolute Gasteiger partial charge is 0.173 e. The van der Waals surface area contributed by atoms with Crippen molar-refractivity contribution in [1.82, 2.24) is 4.90 Å². The van der Waals surface area contributed by atoms with Crippen LogP contribution < -0.4 is 15.0 Å². The van der Waals surface area contributed by atoms with Crippen LogP contribution in [0.1, 0.15) is 19.4 Å². The molecular weight excluding hydrogens is 330 g/mol. The Morgan fingerprint density at radius 2 is 1.64 bits per heavy atom. The van der Waals surface area contributed by atoms with Gasteiger partial charge in [-0.2, -0.15) is 0 Å². The molecule has 4 nitrogen and oxygen atoms in total. The van der Waals surface area contributed by atoms with E-state index in [0.29, 0.717) is 6.61 Å². The zero-order chi connectivity index (χ0) is 18.2. The zero-order valence-corrected chi connectivity index (χ0v) is 16.3. The molecule has 2 aromatic rings. The molecule has 0 atom stereocenters. The highest BCUT2D eigenvalue weighted by molar-refractivity contribution is 7.80. The molecule has 5 heteroatoms. The second-order valence-corrected chi connectivity index (χ2v) is 6.35. The van der Waals surface area contributed by atoms with Crippen molar-refractivity contribution in [3.63, 3.8) is 0 Å². The largest absolute Gasteiger partial charge is 0.494 e. The lowest BCUT2D eigenvalue weighted by Gasteiger charge is -2.25. The minimum absolute atomic E-state index is 0.668. The monoisotopic (exact) mass is 357 g/mol. The molecule has 0 unspecified atom stereocenters. The Balaban J connectivity index is 1.97. The number of nitrogens with one attached hydrogen (secondary N) is 1. The second-order valence-electron chi connectivity index (χ2n) is 5.96. The molecule has 0 spiro atoms. The topological polar surface area (TPSA) is 27.7 Å². The molecule has 0 aliphatic rings. The Morgan fingerprint density at radius 1 is 1.00 bits per heavy atom. The summed E-state index contributed by atoms with van der Waals surface area (Å²) in [7, 11) is 4.09. The minimum Gasteiger partial charge on any atom is -0.494 e. The number of hydrogen-bond acceptors (Lipinski definition) is 3. The molecule has 1 N–H and O–H groups in total. The van der Waals surface area contributed by atoms with Gasteiger partial charge in [-0.1, -0.05) is 12.1 Å². The number of rotatable bonds is 7. The molecule has 134 valence electrons. The first-order valence-corrected chi connectivity index (χ1v) is 8.99. The van der Waals surface area contributed by atoms with Crippen molar-refractivity contribution in [2.75, 3.05) is 37.5 Å². The van der Waals surface area contributed by atoms with E-state index in [1.807, 2.05) is 45.3 Å². The lowest BCUT2D eigenvalue weighted by molar-refractivity contribution is 0.340. The molecule has 25 heavy (non-hydrogen) atoms. The molecule has 0 radical (unpaired) electrons. The van der Waals surface area contributed by atoms with Crippen LogP contribution in [0.5, 0.6) is 5.75 Å². The molecule has 0 aliphatic carbocycles. The van der Waals surface area contributed by atoms with Crippen LogP contribution in [0.15, 0.2) is 48.5 Å². The van der Waals surface area contributed by atoms with Gasteiger partial charge in [0, 0.05) is 38.6 Å². The van der Waals surface area contributed by atoms with Crippen molar-refractivity contribution in [3.05, 3.63) is 54.1 Å². The summed E-state index contributed by atoms with van der Waals surface area (Å²) in [6, 6.07) is 16.4. The lowest BCUT2D eigenvalue weighted by atomic mass is 10.2. The van der Waals surface area contributed by atoms with Crippen LogP contribution in [-0.2, 0) is 6.54 Å². The highest BCUT2D eigenvalue weighted by Crippen LogP contribution is 2.17. The highest BCUT2D eigenvalue weighted by Gasteiger charge is 2.09. The average molecular weight is 358 g/mol. The summed E-state index contributed by atoms with van der Waals surface area (Å²) in [5, 5.41) is 4.03. The van der Waals surface area contributed by atoms with Gasteiger partial charge in [0.15, 0.2) is 5.11 Å². The van der Waals surface area contributed by atoms with Crippen LogP contribution in [-0.4, -0.2) is 37.3 Å². The van der Waals surface area contributed by atoms with E-state index in [-0.39, 0.29) is 0 Å². The Hall–Kier alpha value is -2.27. The summed E-state index contributed by atoms with van der Waals surface area (Å²) in [6.07, 6.45) is 0. The summed E-state index contributed by atoms with van der Waals surface area (Å²) in [6.45, 7) is 6.39. The fraction of sp³-hybridized carbons (Fsp3) is 0.350. The maximum atomic E-state index is 5.58. The molecule has 0 saturated carbocycles. The first-order valence-electron chi connectivity index (χ1n) is 8.58. The first kappa shape index (κ1) is 19.1. The van der Waals surface area contributed by atoms with Crippen LogP contribution in [0.25, 0.3) is 0 Å². The molecule has 2 rings (SSSR count). The molecule has 2 aromatic carbocycles. The van der Waals surface area contributed by atoms with Gasteiger partial charge in [-0.3, -0.25) is 0 Å². The first-order chi connectivity index (χ1) is 12.0. The van der Waals surface area contributed by atoms with Crippen LogP contribution in [0.3, 0.4) is 0 Å². The van der Waals surface area contributed by atoms with Crippen LogP contribution >= 0.6 is 12.2 Å². The van der Waals surface area contributed by atoms with E-state index < -0.39 is 0 Å². The van der Waals surface area contributed by atoms with E-state index in [0.717, 1.165) is 29.6 Å². The van der Waals surface area contributed by atoms with Crippen molar-refractivity contribution in [3.8, 4) is 5.75 Å². The van der Waals surface area contributed by atoms with Crippen molar-refractivity contribution in [2.24, 2.45) is 0 Å². The Labute approximate surface area is 156 Å². The van der Waals surface area contributed by atoms with Gasteiger partial charge in [0.25, 0.3) is 0 Å². The number of ether oxygens (including phenoxy) is 1. The second kappa shape index (κ2) is 9.28. The van der Waals surface area contributed by atoms with E-state index in [2.05, 4.69) is 46.3 Å². The fourth-order valence-electron chi connectivity index (χ4n) is 2.45. The Kier molecular flexibility index (Phi) is 7.07. The van der Waals surface area contributed by atoms with Gasteiger partial charge in [0.05, 0.1) is 6.61 Å². The summed E-state index contributed by atoms with van der Waals surface area (Å²) < 4.78 is 5.47. The third-order valence-corrected chi connectivity index (χ3v) is 4.27. The van der Waals surface area contributed by atoms with Gasteiger partial charge < -0.3 is 19.9 Å². The molecule has 0 saturated heterocycles. The van der Waals surface area contributed by atoms with Crippen LogP contribution in [0, 0.1) is 0 Å². The molecule has 0 amide bonds. The van der Waals surface area contributed by atoms with Crippen molar-refractivity contribution in [1.29, 1.82) is 0 Å². The molecule has 0 heterocycles. The SMILES string of the molecule is CCOc1ccc(NC(=S)N(CC)Cc2ccc(N(C)C)cc2)cc1. The number of benzene rings is 2. The van der Waals surface area contributed by atoms with E-state index in [4.69, 9.17) is 17.0 Å². The standard InChI is InChI=1S/C20H27N3OS/c1-5-23(15-16-7-11-18(12-8-16)22(3)4)20(25)21-17-9-13-19(14-10-17)24-6-2/h7-14H,5-6,15H2,1-4H3,(H,21,25). The van der Waals surface area contributed by atoms with Gasteiger partial charge in [0.1, 0.15) is 5.75 Å². The highest BCUT2D eigenvalue weighted by atomic mass is 32.1. The Bertz CT molecular complexity index is 668. The quantitative estimate of drug-likeness (QED) is 0.743. The van der Waals surface area contributed by atoms with Gasteiger partial charge in [-0.15, -0.1) is 0 Å². The van der Waals surface area contributed by atoms with Gasteiger partial charge >= 0.3 is 0 Å². The predicted octanol–water partition coefficient (Wildman–Crippen LogP) is 4.37. The maximum Gasteiger partial charge on any atom is 0.173 e. The van der Waals surface area contributed by atoms with Crippen molar-refractivity contribution >= 4 is 28.7 Å². The summed E-state index contributed by atoms with van der Waals surface area (Å²) in [5.74, 6) is 0.868. The number of thiocarbonyl (C=S) groups is 1. The van der Waals surface area contributed by atoms with Gasteiger partial charge in [-0.25, -0.2) is 0 Å². The average Bonchev–Trinajstić information content (AvgIpc) is 2.62. The number of nitrogens with zero attached hydrogens (tertiary/aromatic N) is 2. The third kappa shape index (κ3) is 5.64. The summed E-state index contributed by atoms with van der Waals surface area (Å²) >= 11 is 5.58. The molecule has 0 bridgehead atoms. The number of anilines is 2. The fourth-order valence-corrected chi connectivity index (χ4v) is 2.76. The van der Waals surface area contributed by atoms with E-state index in [9.17, 15) is 0 Å². The number of hydrogen-bond donors (Lipinski definition) is 1. The molecular formula is C20H27N3OS. The van der Waals surface area contributed by atoms with Crippen molar-refractivity contribution in [2.45, 2.75) is 20.4 Å². The summed E-state index contributed by atoms with van der Waals surface area (Å²) in [5.41, 5.74) is 3.40. The molecule has 0 aromatic heterocycles. The molecule has 0 aliphatic heterocycles. The van der Waals surface area contributed by atoms with Crippen LogP contribution in [0.4, 0.5) is 11.4 Å². The zero-order valence-electron chi connectivity index (χ0n) is 15.5. The van der Waals surface area contributed by atoms with Crippen molar-refractivity contribution < 1.29 is 4.74 Å². The Morgan fingerprint density at radius 3 is 2.16 bits per heavy atom.